The van der Waals surface area contributed by atoms with Crippen molar-refractivity contribution in [2.75, 3.05) is 32.7 Å². The first-order chi connectivity index (χ1) is 22.3. The van der Waals surface area contributed by atoms with Crippen molar-refractivity contribution in [3.05, 3.63) is 70.8 Å². The Bertz CT molecular complexity index is 1320. The Morgan fingerprint density at radius 3 is 2.04 bits per heavy atom. The minimum atomic E-state index is -4.95. The molecule has 2 N–H and O–H groups in total. The topological polar surface area (TPSA) is 72.9 Å². The molecular weight excluding hydrogens is 624 g/mol. The largest absolute Gasteiger partial charge is 0.480 e. The van der Waals surface area contributed by atoms with Crippen LogP contribution in [0.2, 0.25) is 0 Å². The fourth-order valence-electron chi connectivity index (χ4n) is 7.86. The standard InChI is InChI=1S/C35H43F6N3O3/c36-34(37,38)28-15-24(16-29(18-28)35(39,40)41)19-42-31(45)17-23-11-13-43(14-12-23)20-27-21-44(22-30(27)25-7-3-1-4-8-25)32(33(46)47)26-9-5-2-6-10-26/h1,3-4,7-8,15-16,18,23,26-27,30,32H,2,5-6,9-14,17,19-22H2,(H,42,45)(H,46,47)/t27-,30+,32+/m0/s1. The minimum Gasteiger partial charge on any atom is -0.480 e. The van der Waals surface area contributed by atoms with Crippen LogP contribution in [0.5, 0.6) is 0 Å². The second kappa shape index (κ2) is 15.0. The number of carboxylic acids is 1. The number of carbonyl (C=O) groups is 2. The van der Waals surface area contributed by atoms with Crippen molar-refractivity contribution < 1.29 is 41.0 Å². The van der Waals surface area contributed by atoms with Crippen LogP contribution in [0.1, 0.15) is 79.5 Å². The summed E-state index contributed by atoms with van der Waals surface area (Å²) >= 11 is 0. The summed E-state index contributed by atoms with van der Waals surface area (Å²) in [5.41, 5.74) is -1.86. The third kappa shape index (κ3) is 9.28. The van der Waals surface area contributed by atoms with Crippen LogP contribution < -0.4 is 5.32 Å². The Morgan fingerprint density at radius 2 is 1.47 bits per heavy atom. The third-order valence-electron chi connectivity index (χ3n) is 10.3. The molecule has 0 radical (unpaired) electrons. The van der Waals surface area contributed by atoms with Gasteiger partial charge in [-0.2, -0.15) is 26.3 Å². The summed E-state index contributed by atoms with van der Waals surface area (Å²) in [6.07, 6.45) is -3.07. The number of halogens is 6. The second-order valence-electron chi connectivity index (χ2n) is 13.6. The molecule has 0 aromatic heterocycles. The van der Waals surface area contributed by atoms with Crippen molar-refractivity contribution in [2.45, 2.75) is 82.2 Å². The van der Waals surface area contributed by atoms with Gasteiger partial charge in [0.15, 0.2) is 0 Å². The highest BCUT2D eigenvalue weighted by atomic mass is 19.4. The number of alkyl halides is 6. The van der Waals surface area contributed by atoms with E-state index < -0.39 is 47.9 Å². The summed E-state index contributed by atoms with van der Waals surface area (Å²) in [4.78, 5) is 29.7. The number of rotatable bonds is 10. The summed E-state index contributed by atoms with van der Waals surface area (Å²) in [5, 5.41) is 12.8. The molecule has 2 saturated heterocycles. The maximum Gasteiger partial charge on any atom is 0.416 e. The van der Waals surface area contributed by atoms with Crippen LogP contribution in [0.25, 0.3) is 0 Å². The molecule has 2 aliphatic heterocycles. The molecule has 0 unspecified atom stereocenters. The molecule has 1 saturated carbocycles. The fourth-order valence-corrected chi connectivity index (χ4v) is 7.86. The molecule has 0 bridgehead atoms. The molecule has 2 aromatic rings. The first-order valence-electron chi connectivity index (χ1n) is 16.6. The van der Waals surface area contributed by atoms with Gasteiger partial charge in [0, 0.05) is 38.5 Å². The third-order valence-corrected chi connectivity index (χ3v) is 10.3. The maximum atomic E-state index is 13.2. The number of hydrogen-bond donors (Lipinski definition) is 2. The zero-order valence-electron chi connectivity index (χ0n) is 26.3. The first-order valence-corrected chi connectivity index (χ1v) is 16.6. The molecule has 12 heteroatoms. The quantitative estimate of drug-likeness (QED) is 0.263. The van der Waals surface area contributed by atoms with E-state index in [1.54, 1.807) is 0 Å². The molecule has 3 atom stereocenters. The van der Waals surface area contributed by atoms with E-state index in [0.717, 1.165) is 64.6 Å². The molecule has 3 aliphatic rings. The molecule has 3 fully saturated rings. The molecule has 1 amide bonds. The predicted octanol–water partition coefficient (Wildman–Crippen LogP) is 7.19. The fraction of sp³-hybridized carbons (Fsp3) is 0.600. The number of nitrogens with zero attached hydrogens (tertiary/aromatic N) is 2. The van der Waals surface area contributed by atoms with Crippen LogP contribution in [0.3, 0.4) is 0 Å². The Hall–Kier alpha value is -3.12. The summed E-state index contributed by atoms with van der Waals surface area (Å²) in [5.74, 6) is -0.481. The SMILES string of the molecule is O=C(CC1CCN(C[C@H]2CN([C@@H](C(=O)O)C3CCCCC3)C[C@@H]2c2ccccc2)CC1)NCc1cc(C(F)(F)F)cc(C(F)(F)F)c1. The number of carboxylic acid groups (broad SMARTS) is 1. The van der Waals surface area contributed by atoms with Crippen LogP contribution in [0.4, 0.5) is 26.3 Å². The number of aliphatic carboxylic acids is 1. The van der Waals surface area contributed by atoms with Gasteiger partial charge in [0.25, 0.3) is 0 Å². The van der Waals surface area contributed by atoms with E-state index in [1.807, 2.05) is 18.2 Å². The van der Waals surface area contributed by atoms with Crippen LogP contribution >= 0.6 is 0 Å². The second-order valence-corrected chi connectivity index (χ2v) is 13.6. The Kier molecular flexibility index (Phi) is 11.2. The lowest BCUT2D eigenvalue weighted by atomic mass is 9.83. The number of piperidine rings is 1. The summed E-state index contributed by atoms with van der Waals surface area (Å²) in [6, 6.07) is 11.1. The van der Waals surface area contributed by atoms with E-state index in [4.69, 9.17) is 0 Å². The van der Waals surface area contributed by atoms with E-state index in [0.29, 0.717) is 25.2 Å². The maximum absolute atomic E-state index is 13.2. The van der Waals surface area contributed by atoms with Gasteiger partial charge in [0.2, 0.25) is 5.91 Å². The first kappa shape index (κ1) is 35.2. The predicted molar refractivity (Wildman–Crippen MR) is 164 cm³/mol. The van der Waals surface area contributed by atoms with Gasteiger partial charge < -0.3 is 15.3 Å². The van der Waals surface area contributed by atoms with Gasteiger partial charge >= 0.3 is 18.3 Å². The Morgan fingerprint density at radius 1 is 0.851 bits per heavy atom. The highest BCUT2D eigenvalue weighted by Crippen LogP contribution is 2.39. The van der Waals surface area contributed by atoms with Crippen LogP contribution in [0, 0.1) is 17.8 Å². The van der Waals surface area contributed by atoms with Gasteiger partial charge in [-0.25, -0.2) is 0 Å². The van der Waals surface area contributed by atoms with Crippen LogP contribution in [-0.4, -0.2) is 65.5 Å². The zero-order chi connectivity index (χ0) is 33.8. The molecule has 2 heterocycles. The summed E-state index contributed by atoms with van der Waals surface area (Å²) < 4.78 is 79.1. The smallest absolute Gasteiger partial charge is 0.416 e. The van der Waals surface area contributed by atoms with Gasteiger partial charge in [-0.05, 0) is 85.9 Å². The minimum absolute atomic E-state index is 0.0474. The van der Waals surface area contributed by atoms with Crippen molar-refractivity contribution in [1.82, 2.24) is 15.1 Å². The molecule has 1 aliphatic carbocycles. The number of carbonyl (C=O) groups excluding carboxylic acids is 1. The molecule has 2 aromatic carbocycles. The van der Waals surface area contributed by atoms with E-state index in [2.05, 4.69) is 27.2 Å². The number of hydrogen-bond acceptors (Lipinski definition) is 4. The molecule has 6 nitrogen and oxygen atoms in total. The van der Waals surface area contributed by atoms with Gasteiger partial charge in [-0.3, -0.25) is 14.5 Å². The molecule has 258 valence electrons. The Labute approximate surface area is 271 Å². The van der Waals surface area contributed by atoms with Gasteiger partial charge in [0.05, 0.1) is 11.1 Å². The zero-order valence-corrected chi connectivity index (χ0v) is 26.3. The number of amides is 1. The normalized spacial score (nSPS) is 23.1. The van der Waals surface area contributed by atoms with Gasteiger partial charge in [0.1, 0.15) is 6.04 Å². The van der Waals surface area contributed by atoms with E-state index >= 15 is 0 Å². The van der Waals surface area contributed by atoms with Crippen molar-refractivity contribution in [3.8, 4) is 0 Å². The lowest BCUT2D eigenvalue weighted by molar-refractivity contribution is -0.146. The van der Waals surface area contributed by atoms with Crippen molar-refractivity contribution in [1.29, 1.82) is 0 Å². The molecule has 5 rings (SSSR count). The summed E-state index contributed by atoms with van der Waals surface area (Å²) in [7, 11) is 0. The van der Waals surface area contributed by atoms with Crippen molar-refractivity contribution in [2.24, 2.45) is 17.8 Å². The van der Waals surface area contributed by atoms with Crippen LogP contribution in [-0.2, 0) is 28.5 Å². The highest BCUT2D eigenvalue weighted by Gasteiger charge is 2.43. The van der Waals surface area contributed by atoms with E-state index in [9.17, 15) is 41.0 Å². The monoisotopic (exact) mass is 667 g/mol. The lowest BCUT2D eigenvalue weighted by Gasteiger charge is -2.35. The van der Waals surface area contributed by atoms with Crippen molar-refractivity contribution >= 4 is 11.9 Å². The van der Waals surface area contributed by atoms with Gasteiger partial charge in [-0.15, -0.1) is 0 Å². The highest BCUT2D eigenvalue weighted by molar-refractivity contribution is 5.76. The summed E-state index contributed by atoms with van der Waals surface area (Å²) in [6.45, 7) is 3.30. The van der Waals surface area contributed by atoms with E-state index in [1.165, 1.54) is 5.56 Å². The van der Waals surface area contributed by atoms with Crippen molar-refractivity contribution in [3.63, 3.8) is 0 Å². The molecule has 47 heavy (non-hydrogen) atoms. The van der Waals surface area contributed by atoms with Gasteiger partial charge in [-0.1, -0.05) is 49.6 Å². The van der Waals surface area contributed by atoms with E-state index in [-0.39, 0.29) is 41.7 Å². The number of nitrogens with one attached hydrogen (secondary N) is 1. The molecular formula is C35H43F6N3O3. The molecule has 0 spiro atoms. The average molecular weight is 668 g/mol. The Balaban J connectivity index is 1.15. The lowest BCUT2D eigenvalue weighted by Crippen LogP contribution is -2.46. The number of benzene rings is 2. The average Bonchev–Trinajstić information content (AvgIpc) is 3.43. The number of likely N-dealkylation sites (tertiary alicyclic amines) is 2. The van der Waals surface area contributed by atoms with Crippen LogP contribution in [0.15, 0.2) is 48.5 Å².